The van der Waals surface area contributed by atoms with E-state index < -0.39 is 0 Å². The van der Waals surface area contributed by atoms with Crippen LogP contribution in [0.3, 0.4) is 0 Å². The van der Waals surface area contributed by atoms with Gasteiger partial charge in [0.15, 0.2) is 0 Å². The Morgan fingerprint density at radius 3 is 2.71 bits per heavy atom. The monoisotopic (exact) mass is 335 g/mol. The summed E-state index contributed by atoms with van der Waals surface area (Å²) in [7, 11) is 3.77. The van der Waals surface area contributed by atoms with Crippen LogP contribution in [0.2, 0.25) is 0 Å². The number of alkyl halides is 1. The van der Waals surface area contributed by atoms with E-state index in [1.165, 1.54) is 0 Å². The Morgan fingerprint density at radius 2 is 2.08 bits per heavy atom. The molecule has 0 radical (unpaired) electrons. The van der Waals surface area contributed by atoms with E-state index in [0.717, 1.165) is 31.4 Å². The number of fused-ring (bicyclic) bond motifs is 2. The van der Waals surface area contributed by atoms with Crippen molar-refractivity contribution in [1.29, 1.82) is 0 Å². The van der Waals surface area contributed by atoms with Gasteiger partial charge in [0.1, 0.15) is 0 Å². The van der Waals surface area contributed by atoms with E-state index in [-0.39, 0.29) is 24.8 Å². The molecule has 132 valence electrons. The topological polar surface area (TPSA) is 61.4 Å². The van der Waals surface area contributed by atoms with Crippen LogP contribution >= 0.6 is 0 Å². The van der Waals surface area contributed by atoms with E-state index in [0.29, 0.717) is 24.8 Å². The smallest absolute Gasteiger partial charge is 0.318 e. The summed E-state index contributed by atoms with van der Waals surface area (Å²) in [6.07, 6.45) is 6.29. The molecule has 2 fully saturated rings. The second-order valence-corrected chi connectivity index (χ2v) is 7.01. The Balaban J connectivity index is 1.57. The maximum Gasteiger partial charge on any atom is 0.318 e. The largest absolute Gasteiger partial charge is 0.347 e. The summed E-state index contributed by atoms with van der Waals surface area (Å²) in [6, 6.07) is 2.33. The van der Waals surface area contributed by atoms with Crippen LogP contribution in [-0.4, -0.2) is 53.8 Å². The molecule has 0 aromatic carbocycles. The predicted molar refractivity (Wildman–Crippen MR) is 90.6 cm³/mol. The van der Waals surface area contributed by atoms with Crippen molar-refractivity contribution in [3.63, 3.8) is 0 Å². The number of hydrogen-bond donors (Lipinski definition) is 1. The van der Waals surface area contributed by atoms with E-state index in [1.807, 2.05) is 30.0 Å². The van der Waals surface area contributed by atoms with Gasteiger partial charge in [-0.1, -0.05) is 0 Å². The van der Waals surface area contributed by atoms with Gasteiger partial charge in [0, 0.05) is 32.4 Å². The van der Waals surface area contributed by atoms with Crippen molar-refractivity contribution in [3.8, 4) is 0 Å². The second kappa shape index (κ2) is 7.32. The zero-order chi connectivity index (χ0) is 17.1. The number of aromatic nitrogens is 2. The van der Waals surface area contributed by atoms with E-state index in [9.17, 15) is 9.18 Å². The lowest BCUT2D eigenvalue weighted by Crippen LogP contribution is -2.50. The first kappa shape index (κ1) is 16.9. The molecule has 2 bridgehead atoms. The van der Waals surface area contributed by atoms with Crippen molar-refractivity contribution >= 4 is 12.0 Å². The minimum Gasteiger partial charge on any atom is -0.347 e. The van der Waals surface area contributed by atoms with E-state index in [1.54, 1.807) is 6.20 Å². The number of nitrogens with one attached hydrogen (secondary N) is 1. The van der Waals surface area contributed by atoms with Gasteiger partial charge in [0.2, 0.25) is 5.95 Å². The van der Waals surface area contributed by atoms with Crippen molar-refractivity contribution < 1.29 is 9.18 Å². The van der Waals surface area contributed by atoms with E-state index in [2.05, 4.69) is 15.3 Å². The fourth-order valence-corrected chi connectivity index (χ4v) is 3.97. The number of hydrogen-bond acceptors (Lipinski definition) is 4. The molecule has 0 aliphatic carbocycles. The number of rotatable bonds is 5. The molecule has 2 saturated heterocycles. The minimum atomic E-state index is -0.252. The molecule has 2 aliphatic heterocycles. The molecule has 0 spiro atoms. The van der Waals surface area contributed by atoms with Crippen molar-refractivity contribution in [2.45, 2.75) is 50.7 Å². The molecule has 1 aromatic heterocycles. The highest BCUT2D eigenvalue weighted by atomic mass is 19.1. The average Bonchev–Trinajstić information content (AvgIpc) is 2.84. The van der Waals surface area contributed by atoms with Crippen molar-refractivity contribution in [1.82, 2.24) is 20.2 Å². The van der Waals surface area contributed by atoms with Crippen molar-refractivity contribution in [2.24, 2.45) is 5.92 Å². The third-order valence-electron chi connectivity index (χ3n) is 5.10. The first-order valence-electron chi connectivity index (χ1n) is 8.70. The van der Waals surface area contributed by atoms with Gasteiger partial charge in [-0.25, -0.2) is 14.8 Å². The van der Waals surface area contributed by atoms with Crippen LogP contribution in [0.1, 0.15) is 37.8 Å². The second-order valence-electron chi connectivity index (χ2n) is 7.01. The molecule has 1 N–H and O–H groups in total. The summed E-state index contributed by atoms with van der Waals surface area (Å²) in [5.41, 5.74) is 0.793. The molecular formula is C17H26FN5O. The van der Waals surface area contributed by atoms with Crippen molar-refractivity contribution in [3.05, 3.63) is 18.0 Å². The maximum atomic E-state index is 12.6. The van der Waals surface area contributed by atoms with Gasteiger partial charge in [-0.3, -0.25) is 4.39 Å². The molecule has 3 heterocycles. The Hall–Kier alpha value is -1.92. The van der Waals surface area contributed by atoms with Gasteiger partial charge >= 0.3 is 6.03 Å². The molecule has 1 aromatic rings. The van der Waals surface area contributed by atoms with E-state index in [4.69, 9.17) is 0 Å². The fraction of sp³-hybridized carbons (Fsp3) is 0.706. The predicted octanol–water partition coefficient (Wildman–Crippen LogP) is 2.35. The summed E-state index contributed by atoms with van der Waals surface area (Å²) in [5.74, 6) is 1.06. The summed E-state index contributed by atoms with van der Waals surface area (Å²) >= 11 is 0. The minimum absolute atomic E-state index is 0.0220. The first-order valence-corrected chi connectivity index (χ1v) is 8.70. The first-order chi connectivity index (χ1) is 11.6. The quantitative estimate of drug-likeness (QED) is 0.897. The summed E-state index contributed by atoms with van der Waals surface area (Å²) in [6.45, 7) is 0.143. The van der Waals surface area contributed by atoms with Crippen LogP contribution < -0.4 is 10.2 Å². The van der Waals surface area contributed by atoms with Crippen LogP contribution in [0.4, 0.5) is 15.1 Å². The SMILES string of the molecule is CN(C)c1nccc(CNC(=O)N2C3CCC2CC(CCF)C3)n1. The number of carbonyl (C=O) groups is 1. The lowest BCUT2D eigenvalue weighted by Gasteiger charge is -2.38. The third kappa shape index (κ3) is 3.60. The lowest BCUT2D eigenvalue weighted by molar-refractivity contribution is 0.116. The molecule has 0 saturated carbocycles. The van der Waals surface area contributed by atoms with Gasteiger partial charge in [0.05, 0.1) is 18.9 Å². The number of urea groups is 1. The average molecular weight is 335 g/mol. The Bertz CT molecular complexity index is 568. The van der Waals surface area contributed by atoms with Gasteiger partial charge < -0.3 is 15.1 Å². The van der Waals surface area contributed by atoms with Gasteiger partial charge in [-0.05, 0) is 44.1 Å². The van der Waals surface area contributed by atoms with Crippen LogP contribution in [0.5, 0.6) is 0 Å². The van der Waals surface area contributed by atoms with Crippen molar-refractivity contribution in [2.75, 3.05) is 25.7 Å². The lowest BCUT2D eigenvalue weighted by atomic mass is 9.89. The number of halogens is 1. The Kier molecular flexibility index (Phi) is 5.16. The third-order valence-corrected chi connectivity index (χ3v) is 5.10. The highest BCUT2D eigenvalue weighted by Crippen LogP contribution is 2.39. The van der Waals surface area contributed by atoms with Gasteiger partial charge in [0.25, 0.3) is 0 Å². The van der Waals surface area contributed by atoms with Crippen LogP contribution in [0.15, 0.2) is 12.3 Å². The summed E-state index contributed by atoms with van der Waals surface area (Å²) in [5, 5.41) is 2.99. The fourth-order valence-electron chi connectivity index (χ4n) is 3.97. The normalized spacial score (nSPS) is 25.6. The number of piperidine rings is 1. The van der Waals surface area contributed by atoms with E-state index >= 15 is 0 Å². The molecule has 3 rings (SSSR count). The summed E-state index contributed by atoms with van der Waals surface area (Å²) in [4.78, 5) is 25.0. The highest BCUT2D eigenvalue weighted by molar-refractivity contribution is 5.75. The number of nitrogens with zero attached hydrogens (tertiary/aromatic N) is 4. The van der Waals surface area contributed by atoms with Gasteiger partial charge in [-0.2, -0.15) is 0 Å². The summed E-state index contributed by atoms with van der Waals surface area (Å²) < 4.78 is 12.6. The number of amides is 2. The molecule has 24 heavy (non-hydrogen) atoms. The van der Waals surface area contributed by atoms with Gasteiger partial charge in [-0.15, -0.1) is 0 Å². The standard InChI is InChI=1S/C17H26FN5O/c1-22(2)16-19-8-6-13(21-16)11-20-17(24)23-14-3-4-15(23)10-12(9-14)5-7-18/h6,8,12,14-15H,3-5,7,9-11H2,1-2H3,(H,20,24). The maximum absolute atomic E-state index is 12.6. The highest BCUT2D eigenvalue weighted by Gasteiger charge is 2.42. The molecule has 2 atom stereocenters. The zero-order valence-electron chi connectivity index (χ0n) is 14.4. The molecule has 7 heteroatoms. The molecule has 6 nitrogen and oxygen atoms in total. The molecule has 2 amide bonds. The molecule has 2 unspecified atom stereocenters. The number of anilines is 1. The van der Waals surface area contributed by atoms with Crippen LogP contribution in [-0.2, 0) is 6.54 Å². The van der Waals surface area contributed by atoms with Crippen LogP contribution in [0, 0.1) is 5.92 Å². The number of carbonyl (C=O) groups excluding carboxylic acids is 1. The molecule has 2 aliphatic rings. The molecular weight excluding hydrogens is 309 g/mol. The zero-order valence-corrected chi connectivity index (χ0v) is 14.4. The van der Waals surface area contributed by atoms with Crippen LogP contribution in [0.25, 0.3) is 0 Å². The Labute approximate surface area is 142 Å². The Morgan fingerprint density at radius 1 is 1.38 bits per heavy atom.